The second-order valence-corrected chi connectivity index (χ2v) is 5.24. The lowest BCUT2D eigenvalue weighted by molar-refractivity contribution is 0.501. The second-order valence-electron chi connectivity index (χ2n) is 4.08. The summed E-state index contributed by atoms with van der Waals surface area (Å²) in [6, 6.07) is 9.03. The predicted molar refractivity (Wildman–Crippen MR) is 78.6 cm³/mol. The molecule has 0 aliphatic heterocycles. The molecule has 0 fully saturated rings. The van der Waals surface area contributed by atoms with Crippen molar-refractivity contribution in [3.63, 3.8) is 0 Å². The lowest BCUT2D eigenvalue weighted by atomic mass is 10.2. The van der Waals surface area contributed by atoms with Gasteiger partial charge in [-0.1, -0.05) is 25.1 Å². The first kappa shape index (κ1) is 13.9. The van der Waals surface area contributed by atoms with Crippen LogP contribution in [0.25, 0.3) is 0 Å². The van der Waals surface area contributed by atoms with E-state index in [0.717, 1.165) is 19.6 Å². The standard InChI is InChI=1S/C13H21IN2/c1-3-8-15-9-11(2)16-10-12-6-4-5-7-13(12)14/h4-7,11,15-16H,3,8-10H2,1-2H3. The summed E-state index contributed by atoms with van der Waals surface area (Å²) in [7, 11) is 0. The molecule has 1 rings (SSSR count). The lowest BCUT2D eigenvalue weighted by Crippen LogP contribution is -2.36. The first-order valence-electron chi connectivity index (χ1n) is 5.91. The number of hydrogen-bond acceptors (Lipinski definition) is 2. The molecule has 2 nitrogen and oxygen atoms in total. The van der Waals surface area contributed by atoms with Crippen molar-refractivity contribution in [2.24, 2.45) is 0 Å². The maximum absolute atomic E-state index is 3.53. The minimum atomic E-state index is 0.516. The third-order valence-electron chi connectivity index (χ3n) is 2.48. The Bertz CT molecular complexity index is 302. The highest BCUT2D eigenvalue weighted by Crippen LogP contribution is 2.10. The average molecular weight is 332 g/mol. The van der Waals surface area contributed by atoms with Crippen LogP contribution in [0.4, 0.5) is 0 Å². The van der Waals surface area contributed by atoms with Crippen molar-refractivity contribution in [1.29, 1.82) is 0 Å². The fourth-order valence-corrected chi connectivity index (χ4v) is 2.07. The molecular formula is C13H21IN2. The van der Waals surface area contributed by atoms with Crippen molar-refractivity contribution in [3.8, 4) is 0 Å². The predicted octanol–water partition coefficient (Wildman–Crippen LogP) is 2.77. The Balaban J connectivity index is 2.26. The molecule has 1 aromatic rings. The summed E-state index contributed by atoms with van der Waals surface area (Å²) in [5.41, 5.74) is 1.38. The maximum Gasteiger partial charge on any atom is 0.0219 e. The van der Waals surface area contributed by atoms with Crippen LogP contribution < -0.4 is 10.6 Å². The van der Waals surface area contributed by atoms with Crippen LogP contribution in [0.5, 0.6) is 0 Å². The van der Waals surface area contributed by atoms with Gasteiger partial charge in [-0.15, -0.1) is 0 Å². The Kier molecular flexibility index (Phi) is 7.00. The number of benzene rings is 1. The molecule has 0 aliphatic rings. The summed E-state index contributed by atoms with van der Waals surface area (Å²) in [6.07, 6.45) is 1.20. The summed E-state index contributed by atoms with van der Waals surface area (Å²) >= 11 is 2.39. The number of nitrogens with one attached hydrogen (secondary N) is 2. The van der Waals surface area contributed by atoms with E-state index in [2.05, 4.69) is 71.3 Å². The molecule has 1 atom stereocenters. The zero-order chi connectivity index (χ0) is 11.8. The minimum Gasteiger partial charge on any atom is -0.315 e. The van der Waals surface area contributed by atoms with E-state index in [4.69, 9.17) is 0 Å². The monoisotopic (exact) mass is 332 g/mol. The van der Waals surface area contributed by atoms with E-state index in [0.29, 0.717) is 6.04 Å². The summed E-state index contributed by atoms with van der Waals surface area (Å²) in [5, 5.41) is 6.95. The topological polar surface area (TPSA) is 24.1 Å². The number of halogens is 1. The lowest BCUT2D eigenvalue weighted by Gasteiger charge is -2.15. The molecule has 16 heavy (non-hydrogen) atoms. The van der Waals surface area contributed by atoms with Gasteiger partial charge in [-0.25, -0.2) is 0 Å². The van der Waals surface area contributed by atoms with Crippen LogP contribution in [0.3, 0.4) is 0 Å². The van der Waals surface area contributed by atoms with E-state index in [-0.39, 0.29) is 0 Å². The van der Waals surface area contributed by atoms with Crippen molar-refractivity contribution in [3.05, 3.63) is 33.4 Å². The molecule has 3 heteroatoms. The molecule has 1 aromatic carbocycles. The van der Waals surface area contributed by atoms with Gasteiger partial charge in [0.05, 0.1) is 0 Å². The van der Waals surface area contributed by atoms with Crippen molar-refractivity contribution in [2.75, 3.05) is 13.1 Å². The van der Waals surface area contributed by atoms with Crippen LogP contribution in [-0.4, -0.2) is 19.1 Å². The van der Waals surface area contributed by atoms with Gasteiger partial charge in [0.25, 0.3) is 0 Å². The van der Waals surface area contributed by atoms with Crippen LogP contribution in [-0.2, 0) is 6.54 Å². The largest absolute Gasteiger partial charge is 0.315 e. The summed E-state index contributed by atoms with van der Waals surface area (Å²) in [5.74, 6) is 0. The average Bonchev–Trinajstić information content (AvgIpc) is 2.28. The van der Waals surface area contributed by atoms with Crippen LogP contribution in [0, 0.1) is 3.57 Å². The van der Waals surface area contributed by atoms with Gasteiger partial charge in [0.15, 0.2) is 0 Å². The normalized spacial score (nSPS) is 12.7. The maximum atomic E-state index is 3.53. The van der Waals surface area contributed by atoms with Gasteiger partial charge in [0, 0.05) is 22.7 Å². The van der Waals surface area contributed by atoms with E-state index in [9.17, 15) is 0 Å². The summed E-state index contributed by atoms with van der Waals surface area (Å²) in [4.78, 5) is 0. The Labute approximate surface area is 112 Å². The zero-order valence-electron chi connectivity index (χ0n) is 10.1. The molecular weight excluding hydrogens is 311 g/mol. The Morgan fingerprint density at radius 3 is 2.75 bits per heavy atom. The van der Waals surface area contributed by atoms with Gasteiger partial charge in [0.2, 0.25) is 0 Å². The van der Waals surface area contributed by atoms with Gasteiger partial charge < -0.3 is 10.6 Å². The fraction of sp³-hybridized carbons (Fsp3) is 0.538. The molecule has 0 amide bonds. The molecule has 1 unspecified atom stereocenters. The number of rotatable bonds is 7. The van der Waals surface area contributed by atoms with Gasteiger partial charge in [-0.3, -0.25) is 0 Å². The van der Waals surface area contributed by atoms with Gasteiger partial charge in [-0.05, 0) is 54.1 Å². The Morgan fingerprint density at radius 1 is 1.31 bits per heavy atom. The van der Waals surface area contributed by atoms with Crippen molar-refractivity contribution in [2.45, 2.75) is 32.9 Å². The van der Waals surface area contributed by atoms with E-state index >= 15 is 0 Å². The third-order valence-corrected chi connectivity index (χ3v) is 3.53. The first-order valence-corrected chi connectivity index (χ1v) is 6.99. The second kappa shape index (κ2) is 8.03. The molecule has 0 saturated carbocycles. The first-order chi connectivity index (χ1) is 7.74. The molecule has 0 aliphatic carbocycles. The van der Waals surface area contributed by atoms with E-state index in [1.54, 1.807) is 0 Å². The molecule has 0 aromatic heterocycles. The molecule has 0 heterocycles. The zero-order valence-corrected chi connectivity index (χ0v) is 12.3. The highest BCUT2D eigenvalue weighted by atomic mass is 127. The van der Waals surface area contributed by atoms with Gasteiger partial charge in [-0.2, -0.15) is 0 Å². The highest BCUT2D eigenvalue weighted by Gasteiger charge is 2.02. The van der Waals surface area contributed by atoms with Gasteiger partial charge in [0.1, 0.15) is 0 Å². The van der Waals surface area contributed by atoms with E-state index in [1.165, 1.54) is 15.6 Å². The smallest absolute Gasteiger partial charge is 0.0219 e. The molecule has 0 bridgehead atoms. The van der Waals surface area contributed by atoms with E-state index in [1.807, 2.05) is 0 Å². The molecule has 90 valence electrons. The van der Waals surface area contributed by atoms with Crippen molar-refractivity contribution >= 4 is 22.6 Å². The van der Waals surface area contributed by atoms with E-state index < -0.39 is 0 Å². The highest BCUT2D eigenvalue weighted by molar-refractivity contribution is 14.1. The van der Waals surface area contributed by atoms with Crippen LogP contribution in [0.1, 0.15) is 25.8 Å². The van der Waals surface area contributed by atoms with Gasteiger partial charge >= 0.3 is 0 Å². The van der Waals surface area contributed by atoms with Crippen LogP contribution in [0.2, 0.25) is 0 Å². The third kappa shape index (κ3) is 5.27. The molecule has 2 N–H and O–H groups in total. The minimum absolute atomic E-state index is 0.516. The van der Waals surface area contributed by atoms with Crippen LogP contribution in [0.15, 0.2) is 24.3 Å². The summed E-state index contributed by atoms with van der Waals surface area (Å²) < 4.78 is 1.33. The quantitative estimate of drug-likeness (QED) is 0.593. The Hall–Kier alpha value is -0.130. The fourth-order valence-electron chi connectivity index (χ4n) is 1.49. The SMILES string of the molecule is CCCNCC(C)NCc1ccccc1I. The molecule has 0 spiro atoms. The van der Waals surface area contributed by atoms with Crippen molar-refractivity contribution < 1.29 is 0 Å². The molecule has 0 saturated heterocycles. The molecule has 0 radical (unpaired) electrons. The van der Waals surface area contributed by atoms with Crippen LogP contribution >= 0.6 is 22.6 Å². The summed E-state index contributed by atoms with van der Waals surface area (Å²) in [6.45, 7) is 7.51. The number of hydrogen-bond donors (Lipinski definition) is 2. The van der Waals surface area contributed by atoms with Crippen molar-refractivity contribution in [1.82, 2.24) is 10.6 Å². The Morgan fingerprint density at radius 2 is 2.06 bits per heavy atom.